The fourth-order valence-corrected chi connectivity index (χ4v) is 1.72. The van der Waals surface area contributed by atoms with E-state index in [1.165, 1.54) is 12.1 Å². The molecule has 0 atom stereocenters. The SMILES string of the molecule is CCOC(=O)/C(C)=C/c1ccc(-c2ccc(F)cc2)o1. The highest BCUT2D eigenvalue weighted by Crippen LogP contribution is 2.23. The molecule has 0 amide bonds. The first kappa shape index (κ1) is 14.1. The first-order chi connectivity index (χ1) is 9.60. The van der Waals surface area contributed by atoms with Gasteiger partial charge in [-0.3, -0.25) is 0 Å². The van der Waals surface area contributed by atoms with Gasteiger partial charge >= 0.3 is 5.97 Å². The van der Waals surface area contributed by atoms with Gasteiger partial charge in [0.1, 0.15) is 17.3 Å². The number of carbonyl (C=O) groups is 1. The lowest BCUT2D eigenvalue weighted by Crippen LogP contribution is -2.04. The maximum absolute atomic E-state index is 12.8. The van der Waals surface area contributed by atoms with Gasteiger partial charge in [0.25, 0.3) is 0 Å². The summed E-state index contributed by atoms with van der Waals surface area (Å²) in [7, 11) is 0. The highest BCUT2D eigenvalue weighted by Gasteiger charge is 2.07. The number of halogens is 1. The fourth-order valence-electron chi connectivity index (χ4n) is 1.72. The van der Waals surface area contributed by atoms with Crippen molar-refractivity contribution in [1.29, 1.82) is 0 Å². The van der Waals surface area contributed by atoms with Gasteiger partial charge in [-0.05, 0) is 56.3 Å². The van der Waals surface area contributed by atoms with E-state index >= 15 is 0 Å². The topological polar surface area (TPSA) is 39.4 Å². The maximum Gasteiger partial charge on any atom is 0.333 e. The summed E-state index contributed by atoms with van der Waals surface area (Å²) in [6.45, 7) is 3.76. The molecule has 1 aromatic carbocycles. The van der Waals surface area contributed by atoms with Crippen LogP contribution in [-0.2, 0) is 9.53 Å². The first-order valence-electron chi connectivity index (χ1n) is 6.31. The van der Waals surface area contributed by atoms with Crippen molar-refractivity contribution >= 4 is 12.0 Å². The zero-order valence-corrected chi connectivity index (χ0v) is 11.4. The molecule has 0 spiro atoms. The Hall–Kier alpha value is -2.36. The molecular weight excluding hydrogens is 259 g/mol. The van der Waals surface area contributed by atoms with Gasteiger partial charge in [0.2, 0.25) is 0 Å². The maximum atomic E-state index is 12.8. The summed E-state index contributed by atoms with van der Waals surface area (Å²) in [5.41, 5.74) is 1.24. The summed E-state index contributed by atoms with van der Waals surface area (Å²) >= 11 is 0. The van der Waals surface area contributed by atoms with Crippen LogP contribution in [0, 0.1) is 5.82 Å². The van der Waals surface area contributed by atoms with Crippen LogP contribution in [-0.4, -0.2) is 12.6 Å². The quantitative estimate of drug-likeness (QED) is 0.623. The molecule has 0 aliphatic carbocycles. The van der Waals surface area contributed by atoms with Gasteiger partial charge in [0, 0.05) is 11.1 Å². The summed E-state index contributed by atoms with van der Waals surface area (Å²) in [4.78, 5) is 11.5. The predicted molar refractivity (Wildman–Crippen MR) is 74.4 cm³/mol. The van der Waals surface area contributed by atoms with E-state index in [1.54, 1.807) is 44.2 Å². The van der Waals surface area contributed by atoms with Crippen LogP contribution in [0.1, 0.15) is 19.6 Å². The Bertz CT molecular complexity index is 623. The summed E-state index contributed by atoms with van der Waals surface area (Å²) in [6, 6.07) is 9.55. The molecule has 3 nitrogen and oxygen atoms in total. The third-order valence-corrected chi connectivity index (χ3v) is 2.71. The van der Waals surface area contributed by atoms with Crippen molar-refractivity contribution in [3.63, 3.8) is 0 Å². The van der Waals surface area contributed by atoms with Gasteiger partial charge in [-0.15, -0.1) is 0 Å². The Morgan fingerprint density at radius 3 is 2.60 bits per heavy atom. The second-order valence-electron chi connectivity index (χ2n) is 4.26. The van der Waals surface area contributed by atoms with Crippen molar-refractivity contribution in [2.45, 2.75) is 13.8 Å². The Labute approximate surface area is 116 Å². The number of hydrogen-bond donors (Lipinski definition) is 0. The number of carbonyl (C=O) groups excluding carboxylic acids is 1. The minimum Gasteiger partial charge on any atom is -0.463 e. The molecule has 1 heterocycles. The van der Waals surface area contributed by atoms with E-state index in [9.17, 15) is 9.18 Å². The van der Waals surface area contributed by atoms with Crippen LogP contribution in [0.15, 0.2) is 46.4 Å². The van der Waals surface area contributed by atoms with E-state index in [1.807, 2.05) is 0 Å². The zero-order chi connectivity index (χ0) is 14.5. The lowest BCUT2D eigenvalue weighted by molar-refractivity contribution is -0.138. The van der Waals surface area contributed by atoms with E-state index in [2.05, 4.69) is 0 Å². The average Bonchev–Trinajstić information content (AvgIpc) is 2.88. The number of rotatable bonds is 4. The molecule has 0 radical (unpaired) electrons. The van der Waals surface area contributed by atoms with E-state index in [0.29, 0.717) is 23.7 Å². The van der Waals surface area contributed by atoms with E-state index < -0.39 is 0 Å². The van der Waals surface area contributed by atoms with Gasteiger partial charge < -0.3 is 9.15 Å². The van der Waals surface area contributed by atoms with Gasteiger partial charge in [0.15, 0.2) is 0 Å². The Balaban J connectivity index is 2.19. The van der Waals surface area contributed by atoms with Gasteiger partial charge in [0.05, 0.1) is 6.61 Å². The summed E-state index contributed by atoms with van der Waals surface area (Å²) in [5, 5.41) is 0. The van der Waals surface area contributed by atoms with Crippen LogP contribution in [0.4, 0.5) is 4.39 Å². The van der Waals surface area contributed by atoms with Gasteiger partial charge in [-0.1, -0.05) is 0 Å². The molecule has 104 valence electrons. The zero-order valence-electron chi connectivity index (χ0n) is 11.4. The van der Waals surface area contributed by atoms with Crippen molar-refractivity contribution in [3.8, 4) is 11.3 Å². The van der Waals surface area contributed by atoms with Crippen LogP contribution in [0.3, 0.4) is 0 Å². The van der Waals surface area contributed by atoms with Crippen molar-refractivity contribution in [2.75, 3.05) is 6.61 Å². The molecule has 4 heteroatoms. The molecule has 0 saturated heterocycles. The van der Waals surface area contributed by atoms with E-state index in [0.717, 1.165) is 5.56 Å². The molecule has 1 aromatic heterocycles. The molecule has 20 heavy (non-hydrogen) atoms. The smallest absolute Gasteiger partial charge is 0.333 e. The molecule has 0 bridgehead atoms. The third-order valence-electron chi connectivity index (χ3n) is 2.71. The van der Waals surface area contributed by atoms with Crippen LogP contribution < -0.4 is 0 Å². The van der Waals surface area contributed by atoms with Crippen LogP contribution >= 0.6 is 0 Å². The minimum absolute atomic E-state index is 0.293. The molecule has 0 N–H and O–H groups in total. The lowest BCUT2D eigenvalue weighted by atomic mass is 10.2. The summed E-state index contributed by atoms with van der Waals surface area (Å²) in [5.74, 6) is 0.508. The van der Waals surface area contributed by atoms with Crippen LogP contribution in [0.2, 0.25) is 0 Å². The number of hydrogen-bond acceptors (Lipinski definition) is 3. The minimum atomic E-state index is -0.368. The van der Waals surface area contributed by atoms with Crippen molar-refractivity contribution in [3.05, 3.63) is 53.5 Å². The van der Waals surface area contributed by atoms with Crippen molar-refractivity contribution < 1.29 is 18.3 Å². The fraction of sp³-hybridized carbons (Fsp3) is 0.188. The number of ether oxygens (including phenoxy) is 1. The monoisotopic (exact) mass is 274 g/mol. The van der Waals surface area contributed by atoms with E-state index in [-0.39, 0.29) is 11.8 Å². The second kappa shape index (κ2) is 6.19. The molecule has 0 saturated carbocycles. The van der Waals surface area contributed by atoms with E-state index in [4.69, 9.17) is 9.15 Å². The largest absolute Gasteiger partial charge is 0.463 e. The molecule has 0 aliphatic rings. The Morgan fingerprint density at radius 1 is 1.25 bits per heavy atom. The Morgan fingerprint density at radius 2 is 1.95 bits per heavy atom. The molecule has 0 aliphatic heterocycles. The molecule has 2 aromatic rings. The number of benzene rings is 1. The van der Waals surface area contributed by atoms with Gasteiger partial charge in [-0.25, -0.2) is 9.18 Å². The number of furan rings is 1. The molecular formula is C16H15FO3. The summed E-state index contributed by atoms with van der Waals surface area (Å²) < 4.78 is 23.3. The van der Waals surface area contributed by atoms with Crippen LogP contribution in [0.5, 0.6) is 0 Å². The average molecular weight is 274 g/mol. The molecule has 0 unspecified atom stereocenters. The number of esters is 1. The van der Waals surface area contributed by atoms with Crippen molar-refractivity contribution in [1.82, 2.24) is 0 Å². The first-order valence-corrected chi connectivity index (χ1v) is 6.31. The molecule has 0 fully saturated rings. The van der Waals surface area contributed by atoms with Crippen molar-refractivity contribution in [2.24, 2.45) is 0 Å². The third kappa shape index (κ3) is 3.35. The second-order valence-corrected chi connectivity index (χ2v) is 4.26. The highest BCUT2D eigenvalue weighted by atomic mass is 19.1. The standard InChI is InChI=1S/C16H15FO3/c1-3-19-16(18)11(2)10-14-8-9-15(20-14)12-4-6-13(17)7-5-12/h4-10H,3H2,1-2H3/b11-10+. The lowest BCUT2D eigenvalue weighted by Gasteiger charge is -2.00. The normalized spacial score (nSPS) is 11.4. The summed E-state index contributed by atoms with van der Waals surface area (Å²) in [6.07, 6.45) is 1.62. The van der Waals surface area contributed by atoms with Gasteiger partial charge in [-0.2, -0.15) is 0 Å². The molecule has 2 rings (SSSR count). The predicted octanol–water partition coefficient (Wildman–Crippen LogP) is 4.05. The highest BCUT2D eigenvalue weighted by molar-refractivity contribution is 5.92. The van der Waals surface area contributed by atoms with Crippen LogP contribution in [0.25, 0.3) is 17.4 Å². The Kier molecular flexibility index (Phi) is 4.35.